The minimum absolute atomic E-state index is 0.178. The lowest BCUT2D eigenvalue weighted by Crippen LogP contribution is -2.41. The van der Waals surface area contributed by atoms with E-state index in [1.165, 1.54) is 11.1 Å². The second kappa shape index (κ2) is 7.26. The third kappa shape index (κ3) is 3.56. The molecule has 0 radical (unpaired) electrons. The first-order valence-electron chi connectivity index (χ1n) is 6.78. The molecule has 0 spiro atoms. The van der Waals surface area contributed by atoms with Crippen LogP contribution in [0.4, 0.5) is 0 Å². The maximum absolute atomic E-state index is 11.8. The Morgan fingerprint density at radius 3 is 2.59 bits per heavy atom. The van der Waals surface area contributed by atoms with Gasteiger partial charge < -0.3 is 14.4 Å². The lowest BCUT2D eigenvalue weighted by Gasteiger charge is -2.16. The number of halogens is 1. The van der Waals surface area contributed by atoms with Crippen LogP contribution in [0.2, 0.25) is 0 Å². The molecule has 0 unspecified atom stereocenters. The smallest absolute Gasteiger partial charge is 0.329 e. The molecule has 1 heterocycles. The standard InChI is InChI=1S/C14H16BrN3O4/c1-3-18(4-2)14(20)13(19)17-16-7-9-5-11-12(6-10(9)15)22-8-21-11/h5-7H,3-4,8H2,1-2H3,(H,17,19)/b16-7+. The molecule has 0 aliphatic carbocycles. The largest absolute Gasteiger partial charge is 0.454 e. The number of benzene rings is 1. The molecule has 1 aliphatic heterocycles. The van der Waals surface area contributed by atoms with E-state index in [0.29, 0.717) is 30.2 Å². The summed E-state index contributed by atoms with van der Waals surface area (Å²) in [4.78, 5) is 24.9. The van der Waals surface area contributed by atoms with Crippen LogP contribution in [-0.2, 0) is 9.59 Å². The van der Waals surface area contributed by atoms with Crippen LogP contribution in [0.15, 0.2) is 21.7 Å². The number of ether oxygens (including phenoxy) is 2. The van der Waals surface area contributed by atoms with Gasteiger partial charge in [0.25, 0.3) is 0 Å². The summed E-state index contributed by atoms with van der Waals surface area (Å²) >= 11 is 3.38. The minimum atomic E-state index is -0.767. The van der Waals surface area contributed by atoms with Crippen molar-refractivity contribution >= 4 is 34.0 Å². The van der Waals surface area contributed by atoms with Crippen LogP contribution >= 0.6 is 15.9 Å². The van der Waals surface area contributed by atoms with Crippen molar-refractivity contribution in [2.24, 2.45) is 5.10 Å². The van der Waals surface area contributed by atoms with Crippen LogP contribution in [0.3, 0.4) is 0 Å². The third-order valence-corrected chi connectivity index (χ3v) is 3.79. The van der Waals surface area contributed by atoms with Crippen molar-refractivity contribution in [3.8, 4) is 11.5 Å². The second-order valence-electron chi connectivity index (χ2n) is 4.40. The Balaban J connectivity index is 2.01. The number of hydrogen-bond acceptors (Lipinski definition) is 5. The molecular weight excluding hydrogens is 354 g/mol. The van der Waals surface area contributed by atoms with E-state index in [2.05, 4.69) is 26.5 Å². The number of likely N-dealkylation sites (N-methyl/N-ethyl adjacent to an activating group) is 1. The monoisotopic (exact) mass is 369 g/mol. The Labute approximate surface area is 136 Å². The fourth-order valence-corrected chi connectivity index (χ4v) is 2.32. The molecule has 0 bridgehead atoms. The normalized spacial score (nSPS) is 12.5. The molecule has 118 valence electrons. The lowest BCUT2D eigenvalue weighted by molar-refractivity contribution is -0.145. The van der Waals surface area contributed by atoms with Crippen molar-refractivity contribution in [2.45, 2.75) is 13.8 Å². The van der Waals surface area contributed by atoms with Gasteiger partial charge in [-0.05, 0) is 41.9 Å². The molecule has 7 nitrogen and oxygen atoms in total. The van der Waals surface area contributed by atoms with Crippen molar-refractivity contribution in [1.82, 2.24) is 10.3 Å². The molecule has 2 amide bonds. The number of nitrogens with zero attached hydrogens (tertiary/aromatic N) is 2. The van der Waals surface area contributed by atoms with E-state index < -0.39 is 11.8 Å². The van der Waals surface area contributed by atoms with Gasteiger partial charge in [0.15, 0.2) is 11.5 Å². The number of carbonyl (C=O) groups excluding carboxylic acids is 2. The zero-order valence-electron chi connectivity index (χ0n) is 12.3. The van der Waals surface area contributed by atoms with Crippen LogP contribution in [0, 0.1) is 0 Å². The van der Waals surface area contributed by atoms with Crippen molar-refractivity contribution in [1.29, 1.82) is 0 Å². The van der Waals surface area contributed by atoms with Crippen LogP contribution in [0.1, 0.15) is 19.4 Å². The molecule has 1 N–H and O–H groups in total. The van der Waals surface area contributed by atoms with Gasteiger partial charge in [-0.1, -0.05) is 0 Å². The zero-order chi connectivity index (χ0) is 16.1. The highest BCUT2D eigenvalue weighted by Crippen LogP contribution is 2.36. The molecule has 1 aromatic carbocycles. The maximum atomic E-state index is 11.8. The summed E-state index contributed by atoms with van der Waals surface area (Å²) in [5, 5.41) is 3.80. The predicted molar refractivity (Wildman–Crippen MR) is 83.9 cm³/mol. The van der Waals surface area contributed by atoms with Gasteiger partial charge in [-0.25, -0.2) is 5.43 Å². The number of carbonyl (C=O) groups is 2. The molecule has 0 saturated heterocycles. The van der Waals surface area contributed by atoms with E-state index in [-0.39, 0.29) is 6.79 Å². The molecule has 0 fully saturated rings. The quantitative estimate of drug-likeness (QED) is 0.495. The number of fused-ring (bicyclic) bond motifs is 1. The first kappa shape index (κ1) is 16.3. The highest BCUT2D eigenvalue weighted by Gasteiger charge is 2.19. The number of nitrogens with one attached hydrogen (secondary N) is 1. The molecule has 22 heavy (non-hydrogen) atoms. The van der Waals surface area contributed by atoms with Gasteiger partial charge in [0.05, 0.1) is 6.21 Å². The first-order chi connectivity index (χ1) is 10.6. The van der Waals surface area contributed by atoms with Crippen LogP contribution in [-0.4, -0.2) is 42.8 Å². The summed E-state index contributed by atoms with van der Waals surface area (Å²) in [5.41, 5.74) is 2.92. The molecule has 1 aliphatic rings. The van der Waals surface area contributed by atoms with Crippen molar-refractivity contribution in [3.05, 3.63) is 22.2 Å². The second-order valence-corrected chi connectivity index (χ2v) is 5.26. The summed E-state index contributed by atoms with van der Waals surface area (Å²) in [6.45, 7) is 4.74. The highest BCUT2D eigenvalue weighted by molar-refractivity contribution is 9.10. The van der Waals surface area contributed by atoms with E-state index in [4.69, 9.17) is 9.47 Å². The van der Waals surface area contributed by atoms with Gasteiger partial charge in [-0.2, -0.15) is 5.10 Å². The maximum Gasteiger partial charge on any atom is 0.329 e. The molecule has 1 aromatic rings. The average molecular weight is 370 g/mol. The Bertz CT molecular complexity index is 614. The van der Waals surface area contributed by atoms with Crippen LogP contribution < -0.4 is 14.9 Å². The van der Waals surface area contributed by atoms with Gasteiger partial charge in [0.2, 0.25) is 6.79 Å². The van der Waals surface area contributed by atoms with E-state index in [1.807, 2.05) is 13.8 Å². The molecular formula is C14H16BrN3O4. The van der Waals surface area contributed by atoms with Crippen LogP contribution in [0.5, 0.6) is 11.5 Å². The summed E-state index contributed by atoms with van der Waals surface area (Å²) in [7, 11) is 0. The first-order valence-corrected chi connectivity index (χ1v) is 7.57. The van der Waals surface area contributed by atoms with Crippen molar-refractivity contribution in [3.63, 3.8) is 0 Å². The SMILES string of the molecule is CCN(CC)C(=O)C(=O)N/N=C/c1cc2c(cc1Br)OCO2. The third-order valence-electron chi connectivity index (χ3n) is 3.11. The molecule has 0 saturated carbocycles. The van der Waals surface area contributed by atoms with Gasteiger partial charge in [0, 0.05) is 23.1 Å². The molecule has 8 heteroatoms. The number of hydrogen-bond donors (Lipinski definition) is 1. The summed E-state index contributed by atoms with van der Waals surface area (Å²) in [5.74, 6) is -0.122. The fourth-order valence-electron chi connectivity index (χ4n) is 1.89. The van der Waals surface area contributed by atoms with E-state index in [0.717, 1.165) is 4.47 Å². The predicted octanol–water partition coefficient (Wildman–Crippen LogP) is 1.50. The number of hydrazone groups is 1. The Morgan fingerprint density at radius 2 is 1.95 bits per heavy atom. The molecule has 0 aromatic heterocycles. The average Bonchev–Trinajstić information content (AvgIpc) is 2.95. The van der Waals surface area contributed by atoms with E-state index in [9.17, 15) is 9.59 Å². The molecule has 0 atom stereocenters. The lowest BCUT2D eigenvalue weighted by atomic mass is 10.2. The topological polar surface area (TPSA) is 80.2 Å². The Hall–Kier alpha value is -2.09. The van der Waals surface area contributed by atoms with E-state index in [1.54, 1.807) is 12.1 Å². The van der Waals surface area contributed by atoms with Crippen molar-refractivity contribution < 1.29 is 19.1 Å². The van der Waals surface area contributed by atoms with Crippen LogP contribution in [0.25, 0.3) is 0 Å². The Kier molecular flexibility index (Phi) is 5.37. The summed E-state index contributed by atoms with van der Waals surface area (Å²) in [6, 6.07) is 3.49. The number of amides is 2. The fraction of sp³-hybridized carbons (Fsp3) is 0.357. The minimum Gasteiger partial charge on any atom is -0.454 e. The number of rotatable bonds is 4. The highest BCUT2D eigenvalue weighted by atomic mass is 79.9. The van der Waals surface area contributed by atoms with Gasteiger partial charge in [0.1, 0.15) is 0 Å². The molecule has 2 rings (SSSR count). The van der Waals surface area contributed by atoms with Gasteiger partial charge in [-0.15, -0.1) is 0 Å². The summed E-state index contributed by atoms with van der Waals surface area (Å²) < 4.78 is 11.3. The zero-order valence-corrected chi connectivity index (χ0v) is 13.8. The van der Waals surface area contributed by atoms with Crippen molar-refractivity contribution in [2.75, 3.05) is 19.9 Å². The van der Waals surface area contributed by atoms with Gasteiger partial charge in [-0.3, -0.25) is 9.59 Å². The Morgan fingerprint density at radius 1 is 1.32 bits per heavy atom. The van der Waals surface area contributed by atoms with E-state index >= 15 is 0 Å². The van der Waals surface area contributed by atoms with Gasteiger partial charge >= 0.3 is 11.8 Å². The summed E-state index contributed by atoms with van der Waals surface area (Å²) in [6.07, 6.45) is 1.43.